The smallest absolute Gasteiger partial charge is 0.195 e. The van der Waals surface area contributed by atoms with E-state index in [2.05, 4.69) is 84.9 Å². The maximum Gasteiger partial charge on any atom is 0.195 e. The highest BCUT2D eigenvalue weighted by molar-refractivity contribution is 6.61. The van der Waals surface area contributed by atoms with E-state index in [0.29, 0.717) is 0 Å². The molecular weight excluding hydrogens is 460 g/mol. The molecule has 38 heavy (non-hydrogen) atoms. The number of benzene rings is 7. The molecule has 7 aromatic carbocycles. The van der Waals surface area contributed by atoms with Gasteiger partial charge >= 0.3 is 0 Å². The predicted octanol–water partition coefficient (Wildman–Crippen LogP) is 9.16. The van der Waals surface area contributed by atoms with Crippen LogP contribution in [0.3, 0.4) is 0 Å². The zero-order valence-corrected chi connectivity index (χ0v) is 20.5. The Labute approximate surface area is 219 Å². The molecule has 1 nitrogen and oxygen atoms in total. The summed E-state index contributed by atoms with van der Waals surface area (Å²) >= 11 is 0. The lowest BCUT2D eigenvalue weighted by Gasteiger charge is -2.16. The van der Waals surface area contributed by atoms with Crippen LogP contribution in [-0.4, -0.2) is 5.78 Å². The van der Waals surface area contributed by atoms with Crippen LogP contribution in [0.1, 0.15) is 22.3 Å². The molecule has 0 heterocycles. The van der Waals surface area contributed by atoms with Crippen molar-refractivity contribution in [2.24, 2.45) is 0 Å². The van der Waals surface area contributed by atoms with Crippen LogP contribution in [0, 0.1) is 0 Å². The first-order valence-electron chi connectivity index (χ1n) is 13.1. The molecule has 0 radical (unpaired) electrons. The van der Waals surface area contributed by atoms with Crippen molar-refractivity contribution in [3.8, 4) is 0 Å². The van der Waals surface area contributed by atoms with Gasteiger partial charge in [-0.3, -0.25) is 4.79 Å². The molecule has 0 amide bonds. The summed E-state index contributed by atoms with van der Waals surface area (Å²) in [7, 11) is 0. The lowest BCUT2D eigenvalue weighted by molar-refractivity contribution is -0.108. The Morgan fingerprint density at radius 3 is 1.32 bits per heavy atom. The minimum Gasteiger partial charge on any atom is -0.289 e. The molecule has 1 heteroatoms. The number of allylic oxidation sites excluding steroid dienone is 4. The van der Waals surface area contributed by atoms with Gasteiger partial charge in [0.15, 0.2) is 5.78 Å². The molecule has 0 aliphatic heterocycles. The van der Waals surface area contributed by atoms with E-state index in [1.807, 2.05) is 36.4 Å². The molecule has 0 aromatic heterocycles. The molecule has 0 unspecified atom stereocenters. The molecule has 2 aliphatic rings. The maximum atomic E-state index is 14.2. The predicted molar refractivity (Wildman–Crippen MR) is 159 cm³/mol. The second-order valence-corrected chi connectivity index (χ2v) is 10.3. The molecule has 0 atom stereocenters. The van der Waals surface area contributed by atoms with Crippen molar-refractivity contribution in [3.05, 3.63) is 144 Å². The van der Waals surface area contributed by atoms with E-state index in [9.17, 15) is 4.79 Å². The van der Waals surface area contributed by atoms with Crippen LogP contribution in [0.25, 0.3) is 65.4 Å². The van der Waals surface area contributed by atoms with Crippen LogP contribution in [0.2, 0.25) is 0 Å². The number of carbonyl (C=O) groups excluding carboxylic acids is 1. The second kappa shape index (κ2) is 7.06. The van der Waals surface area contributed by atoms with Crippen LogP contribution in [-0.2, 0) is 4.79 Å². The summed E-state index contributed by atoms with van der Waals surface area (Å²) in [5.74, 6) is 0.113. The van der Waals surface area contributed by atoms with Gasteiger partial charge in [0.2, 0.25) is 0 Å². The van der Waals surface area contributed by atoms with Crippen LogP contribution in [0.4, 0.5) is 0 Å². The molecule has 9 rings (SSSR count). The van der Waals surface area contributed by atoms with Crippen molar-refractivity contribution in [1.29, 1.82) is 0 Å². The van der Waals surface area contributed by atoms with Gasteiger partial charge in [0.25, 0.3) is 0 Å². The molecule has 0 saturated carbocycles. The number of hydrogen-bond acceptors (Lipinski definition) is 1. The van der Waals surface area contributed by atoms with Gasteiger partial charge < -0.3 is 0 Å². The zero-order valence-electron chi connectivity index (χ0n) is 20.5. The van der Waals surface area contributed by atoms with Gasteiger partial charge in [-0.25, -0.2) is 0 Å². The molecule has 0 saturated heterocycles. The number of Topliss-reactive ketones (excluding diaryl/α,β-unsaturated/α-hetero) is 1. The van der Waals surface area contributed by atoms with E-state index < -0.39 is 0 Å². The van der Waals surface area contributed by atoms with Crippen LogP contribution < -0.4 is 0 Å². The number of fused-ring (bicyclic) bond motifs is 5. The molecule has 2 aliphatic carbocycles. The first-order chi connectivity index (χ1) is 18.8. The van der Waals surface area contributed by atoms with Gasteiger partial charge in [0.1, 0.15) is 0 Å². The molecule has 174 valence electrons. The summed E-state index contributed by atoms with van der Waals surface area (Å²) < 4.78 is 0. The Morgan fingerprint density at radius 1 is 0.342 bits per heavy atom. The molecule has 0 N–H and O–H groups in total. The number of ketones is 1. The number of carbonyl (C=O) groups is 1. The highest BCUT2D eigenvalue weighted by atomic mass is 16.1. The minimum absolute atomic E-state index is 0.113. The number of hydrogen-bond donors (Lipinski definition) is 0. The molecule has 0 fully saturated rings. The summed E-state index contributed by atoms with van der Waals surface area (Å²) in [5.41, 5.74) is 8.07. The average Bonchev–Trinajstić information content (AvgIpc) is 3.46. The van der Waals surface area contributed by atoms with Crippen LogP contribution in [0.15, 0.2) is 121 Å². The van der Waals surface area contributed by atoms with E-state index >= 15 is 0 Å². The SMILES string of the molecule is O=C1C(c2ccccc2)=C2C(=C1c1ccccc1)c1ccc3c4cccc5cccc(c6ccc2c1c63)c54. The van der Waals surface area contributed by atoms with Gasteiger partial charge in [-0.2, -0.15) is 0 Å². The van der Waals surface area contributed by atoms with Gasteiger partial charge in [-0.1, -0.05) is 121 Å². The number of rotatable bonds is 2. The third-order valence-electron chi connectivity index (χ3n) is 8.51. The molecule has 0 spiro atoms. The van der Waals surface area contributed by atoms with E-state index in [1.165, 1.54) is 54.2 Å². The second-order valence-electron chi connectivity index (χ2n) is 10.3. The topological polar surface area (TPSA) is 17.1 Å². The van der Waals surface area contributed by atoms with Crippen LogP contribution in [0.5, 0.6) is 0 Å². The first-order valence-corrected chi connectivity index (χ1v) is 13.1. The summed E-state index contributed by atoms with van der Waals surface area (Å²) in [4.78, 5) is 14.2. The standard InChI is InChI=1S/C37H20O/c38-37-31(22-9-3-1-4-10-22)35-28-19-17-26-24-15-7-13-21-14-8-16-25(30(21)24)27-18-20-29(34(28)33(26)27)36(35)32(37)23-11-5-2-6-12-23/h1-20H. The van der Waals surface area contributed by atoms with E-state index in [1.54, 1.807) is 0 Å². The zero-order chi connectivity index (χ0) is 25.0. The molecule has 0 bridgehead atoms. The van der Waals surface area contributed by atoms with E-state index in [-0.39, 0.29) is 5.78 Å². The average molecular weight is 481 g/mol. The third-order valence-corrected chi connectivity index (χ3v) is 8.51. The fourth-order valence-corrected chi connectivity index (χ4v) is 7.05. The van der Waals surface area contributed by atoms with Crippen molar-refractivity contribution in [2.45, 2.75) is 0 Å². The Bertz CT molecular complexity index is 2060. The third kappa shape index (κ3) is 2.35. The van der Waals surface area contributed by atoms with Gasteiger partial charge in [0.05, 0.1) is 0 Å². The lowest BCUT2D eigenvalue weighted by Crippen LogP contribution is -2.02. The highest BCUT2D eigenvalue weighted by Crippen LogP contribution is 2.58. The Kier molecular flexibility index (Phi) is 3.73. The fourth-order valence-electron chi connectivity index (χ4n) is 7.05. The maximum absolute atomic E-state index is 14.2. The normalized spacial score (nSPS) is 14.7. The lowest BCUT2D eigenvalue weighted by atomic mass is 9.87. The van der Waals surface area contributed by atoms with Crippen molar-refractivity contribution in [2.75, 3.05) is 0 Å². The fraction of sp³-hybridized carbons (Fsp3) is 0. The first kappa shape index (κ1) is 20.1. The molecular formula is C37H20O. The largest absolute Gasteiger partial charge is 0.289 e. The van der Waals surface area contributed by atoms with Gasteiger partial charge in [-0.05, 0) is 65.3 Å². The van der Waals surface area contributed by atoms with Crippen molar-refractivity contribution in [1.82, 2.24) is 0 Å². The monoisotopic (exact) mass is 480 g/mol. The summed E-state index contributed by atoms with van der Waals surface area (Å²) in [5, 5.41) is 10.3. The van der Waals surface area contributed by atoms with Crippen molar-refractivity contribution < 1.29 is 4.79 Å². The Morgan fingerprint density at radius 2 is 0.816 bits per heavy atom. The molecule has 7 aromatic rings. The highest BCUT2D eigenvalue weighted by Gasteiger charge is 2.40. The van der Waals surface area contributed by atoms with Crippen molar-refractivity contribution in [3.63, 3.8) is 0 Å². The summed E-state index contributed by atoms with van der Waals surface area (Å²) in [6, 6.07) is 42.6. The van der Waals surface area contributed by atoms with Crippen molar-refractivity contribution >= 4 is 71.2 Å². The quantitative estimate of drug-likeness (QED) is 0.178. The summed E-state index contributed by atoms with van der Waals surface area (Å²) in [6.07, 6.45) is 0. The summed E-state index contributed by atoms with van der Waals surface area (Å²) in [6.45, 7) is 0. The minimum atomic E-state index is 0.113. The van der Waals surface area contributed by atoms with E-state index in [0.717, 1.165) is 33.4 Å². The van der Waals surface area contributed by atoms with Gasteiger partial charge in [0, 0.05) is 22.3 Å². The Hall–Kier alpha value is -5.01. The Balaban J connectivity index is 1.50. The van der Waals surface area contributed by atoms with Crippen LogP contribution >= 0.6 is 0 Å². The van der Waals surface area contributed by atoms with Gasteiger partial charge in [-0.15, -0.1) is 0 Å². The van der Waals surface area contributed by atoms with E-state index in [4.69, 9.17) is 0 Å².